The van der Waals surface area contributed by atoms with Crippen molar-refractivity contribution in [3.05, 3.63) is 0 Å². The van der Waals surface area contributed by atoms with Crippen LogP contribution >= 0.6 is 0 Å². The number of carbonyl (C=O) groups is 6. The van der Waals surface area contributed by atoms with Crippen molar-refractivity contribution in [2.75, 3.05) is 0 Å². The third kappa shape index (κ3) is 41.8. The van der Waals surface area contributed by atoms with Crippen molar-refractivity contribution in [3.8, 4) is 0 Å². The van der Waals surface area contributed by atoms with Crippen LogP contribution in [0, 0.1) is 0 Å². The monoisotopic (exact) mass is 441 g/mol. The first-order valence-electron chi connectivity index (χ1n) is 8.64. The predicted octanol–water partition coefficient (Wildman–Crippen LogP) is -2.27. The van der Waals surface area contributed by atoms with E-state index in [-0.39, 0.29) is 52.1 Å². The van der Waals surface area contributed by atoms with Crippen LogP contribution in [0.25, 0.3) is 0 Å². The van der Waals surface area contributed by atoms with Gasteiger partial charge in [-0.15, -0.1) is 0 Å². The Balaban J connectivity index is -0.0000000960. The van der Waals surface area contributed by atoms with Gasteiger partial charge in [0.25, 0.3) is 0 Å². The van der Waals surface area contributed by atoms with Crippen molar-refractivity contribution in [3.63, 3.8) is 0 Å². The maximum Gasteiger partial charge on any atom is 3.00 e. The molecule has 0 aliphatic heterocycles. The van der Waals surface area contributed by atoms with E-state index in [1.165, 1.54) is 0 Å². The zero-order valence-electron chi connectivity index (χ0n) is 17.2. The number of hydrogen-bond donors (Lipinski definition) is 0. The number of ketones is 3. The number of carboxylic acid groups (broad SMARTS) is 3. The second kappa shape index (κ2) is 26.5. The number of aliphatic carboxylic acids is 3. The molecule has 11 heteroatoms. The molecule has 0 spiro atoms. The minimum atomic E-state index is -1.28. The molecule has 0 saturated carbocycles. The fourth-order valence-electron chi connectivity index (χ4n) is 1.58. The molecule has 0 rings (SSSR count). The van der Waals surface area contributed by atoms with Crippen LogP contribution in [0.15, 0.2) is 0 Å². The molecule has 156 valence electrons. The molecule has 0 N–H and O–H groups in total. The van der Waals surface area contributed by atoms with Gasteiger partial charge >= 0.3 is 34.7 Å². The Bertz CT molecular complexity index is 434. The summed E-state index contributed by atoms with van der Waals surface area (Å²) in [6.07, 6.45) is 1.82. The number of Topliss-reactive ketones (excluding diaryl/α,β-unsaturated/α-hetero) is 3. The first-order valence-corrected chi connectivity index (χ1v) is 8.64. The molecule has 0 aromatic carbocycles. The summed E-state index contributed by atoms with van der Waals surface area (Å²) in [6, 6.07) is 0. The number of hydrogen-bond acceptors (Lipinski definition) is 9. The summed E-state index contributed by atoms with van der Waals surface area (Å²) in [5.41, 5.74) is 0. The zero-order valence-corrected chi connectivity index (χ0v) is 19.5. The summed E-state index contributed by atoms with van der Waals surface area (Å²) < 4.78 is 0. The third-order valence-electron chi connectivity index (χ3n) is 2.61. The first kappa shape index (κ1) is 38.1. The molecule has 0 amide bonds. The third-order valence-corrected chi connectivity index (χ3v) is 2.61. The molecule has 29 heavy (non-hydrogen) atoms. The van der Waals surface area contributed by atoms with E-state index >= 15 is 0 Å². The van der Waals surface area contributed by atoms with Gasteiger partial charge in [0.2, 0.25) is 0 Å². The van der Waals surface area contributed by atoms with Gasteiger partial charge in [-0.3, -0.25) is 14.4 Å². The summed E-state index contributed by atoms with van der Waals surface area (Å²) in [5, 5.41) is 29.3. The summed E-state index contributed by atoms with van der Waals surface area (Å²) in [7, 11) is 0. The van der Waals surface area contributed by atoms with Crippen LogP contribution in [0.3, 0.4) is 0 Å². The van der Waals surface area contributed by atoms with Crippen molar-refractivity contribution >= 4 is 70.0 Å². The minimum Gasteiger partial charge on any atom is -0.550 e. The number of carboxylic acids is 3. The van der Waals surface area contributed by atoms with Gasteiger partial charge in [-0.1, -0.05) is 20.8 Å². The predicted molar refractivity (Wildman–Crippen MR) is 100 cm³/mol. The fourth-order valence-corrected chi connectivity index (χ4v) is 1.58. The molecule has 0 bridgehead atoms. The van der Waals surface area contributed by atoms with E-state index in [1.54, 1.807) is 0 Å². The Morgan fingerprint density at radius 3 is 0.759 bits per heavy atom. The summed E-state index contributed by atoms with van der Waals surface area (Å²) in [5.74, 6) is -4.61. The van der Waals surface area contributed by atoms with Gasteiger partial charge in [-0.2, -0.15) is 0 Å². The maximum absolute atomic E-state index is 10.4. The van der Waals surface area contributed by atoms with Crippen LogP contribution < -0.4 is 15.3 Å². The van der Waals surface area contributed by atoms with Crippen molar-refractivity contribution in [1.29, 1.82) is 0 Å². The standard InChI is InChI=1S/3C6H10O3.2Al/c3*1-2-3-5(7)4-6(8)9;;/h3*2-4H2,1H3,(H,8,9);;/q;;;2*+3/p-3. The topological polar surface area (TPSA) is 172 Å². The molecule has 0 aliphatic carbocycles. The van der Waals surface area contributed by atoms with Crippen LogP contribution in [0.4, 0.5) is 0 Å². The molecule has 0 aromatic heterocycles. The Hall–Kier alpha value is -1.52. The minimum absolute atomic E-state index is 0. The molecule has 0 fully saturated rings. The molecule has 0 unspecified atom stereocenters. The molecular weight excluding hydrogens is 414 g/mol. The van der Waals surface area contributed by atoms with Crippen LogP contribution in [-0.2, 0) is 28.8 Å². The normalized spacial score (nSPS) is 8.38. The van der Waals surface area contributed by atoms with E-state index in [9.17, 15) is 44.1 Å². The van der Waals surface area contributed by atoms with Gasteiger partial charge in [0.15, 0.2) is 0 Å². The largest absolute Gasteiger partial charge is 3.00 e. The Kier molecular flexibility index (Phi) is 34.8. The molecule has 0 heterocycles. The SMILES string of the molecule is CCCC(=O)CC(=O)[O-].CCCC(=O)CC(=O)[O-].CCCC(=O)CC(=O)[O-].[Al+3].[Al+3]. The Morgan fingerprint density at radius 1 is 0.483 bits per heavy atom. The van der Waals surface area contributed by atoms with Crippen molar-refractivity contribution in [2.45, 2.75) is 78.6 Å². The molecule has 0 aliphatic rings. The smallest absolute Gasteiger partial charge is 0.550 e. The summed E-state index contributed by atoms with van der Waals surface area (Å²) >= 11 is 0. The van der Waals surface area contributed by atoms with Gasteiger partial charge in [-0.25, -0.2) is 0 Å². The van der Waals surface area contributed by atoms with E-state index in [0.29, 0.717) is 38.5 Å². The molecule has 9 nitrogen and oxygen atoms in total. The fraction of sp³-hybridized carbons (Fsp3) is 0.667. The Labute approximate surface area is 192 Å². The maximum atomic E-state index is 10.4. The second-order valence-electron chi connectivity index (χ2n) is 5.51. The van der Waals surface area contributed by atoms with Crippen LogP contribution in [0.5, 0.6) is 0 Å². The van der Waals surface area contributed by atoms with E-state index in [4.69, 9.17) is 0 Å². The zero-order chi connectivity index (χ0) is 21.8. The van der Waals surface area contributed by atoms with Crippen LogP contribution in [-0.4, -0.2) is 70.0 Å². The summed E-state index contributed by atoms with van der Waals surface area (Å²) in [4.78, 5) is 60.6. The average molecular weight is 441 g/mol. The van der Waals surface area contributed by atoms with E-state index < -0.39 is 37.2 Å². The van der Waals surface area contributed by atoms with Crippen molar-refractivity contribution < 1.29 is 44.1 Å². The van der Waals surface area contributed by atoms with Crippen LogP contribution in [0.2, 0.25) is 0 Å². The molecule has 0 aromatic rings. The van der Waals surface area contributed by atoms with E-state index in [1.807, 2.05) is 20.8 Å². The van der Waals surface area contributed by atoms with E-state index in [0.717, 1.165) is 0 Å². The molecule has 0 radical (unpaired) electrons. The second-order valence-corrected chi connectivity index (χ2v) is 5.51. The average Bonchev–Trinajstić information content (AvgIpc) is 2.46. The van der Waals surface area contributed by atoms with Gasteiger partial charge in [0, 0.05) is 56.4 Å². The first-order chi connectivity index (χ1) is 12.5. The van der Waals surface area contributed by atoms with Gasteiger partial charge in [0.1, 0.15) is 17.3 Å². The summed E-state index contributed by atoms with van der Waals surface area (Å²) in [6.45, 7) is 5.48. The van der Waals surface area contributed by atoms with E-state index in [2.05, 4.69) is 0 Å². The molecule has 0 saturated heterocycles. The van der Waals surface area contributed by atoms with Gasteiger partial charge < -0.3 is 29.7 Å². The van der Waals surface area contributed by atoms with Crippen LogP contribution in [0.1, 0.15) is 78.6 Å². The molecule has 0 atom stereocenters. The number of rotatable bonds is 12. The van der Waals surface area contributed by atoms with Crippen molar-refractivity contribution in [1.82, 2.24) is 0 Å². The van der Waals surface area contributed by atoms with Gasteiger partial charge in [-0.05, 0) is 19.3 Å². The van der Waals surface area contributed by atoms with Gasteiger partial charge in [0.05, 0.1) is 0 Å². The quantitative estimate of drug-likeness (QED) is 0.239. The van der Waals surface area contributed by atoms with Crippen molar-refractivity contribution in [2.24, 2.45) is 0 Å². The molecular formula is C18H27Al2O9+3. The Morgan fingerprint density at radius 2 is 0.655 bits per heavy atom. The number of carbonyl (C=O) groups excluding carboxylic acids is 6.